The van der Waals surface area contributed by atoms with E-state index < -0.39 is 35.6 Å². The van der Waals surface area contributed by atoms with Gasteiger partial charge in [-0.25, -0.2) is 4.79 Å². The Kier molecular flexibility index (Phi) is 11.2. The molecule has 0 aliphatic rings. The zero-order chi connectivity index (χ0) is 31.7. The highest BCUT2D eigenvalue weighted by Gasteiger charge is 2.37. The number of nitrogens with zero attached hydrogens (tertiary/aromatic N) is 1. The topological polar surface area (TPSA) is 128 Å². The Morgan fingerprint density at radius 1 is 0.907 bits per heavy atom. The van der Waals surface area contributed by atoms with Crippen molar-refractivity contribution in [3.8, 4) is 11.5 Å². The Bertz CT molecular complexity index is 1390. The number of phenols is 2. The Labute approximate surface area is 253 Å². The van der Waals surface area contributed by atoms with E-state index in [2.05, 4.69) is 10.6 Å². The zero-order valence-electron chi connectivity index (χ0n) is 25.8. The molecule has 3 aromatic carbocycles. The van der Waals surface area contributed by atoms with Crippen LogP contribution in [0, 0.1) is 13.8 Å². The number of aryl methyl sites for hydroxylation is 2. The van der Waals surface area contributed by atoms with E-state index in [0.717, 1.165) is 17.5 Å². The van der Waals surface area contributed by atoms with Gasteiger partial charge in [-0.2, -0.15) is 0 Å². The maximum atomic E-state index is 14.5. The molecular formula is C34H43N3O6. The fourth-order valence-electron chi connectivity index (χ4n) is 4.79. The van der Waals surface area contributed by atoms with Gasteiger partial charge < -0.3 is 30.5 Å². The van der Waals surface area contributed by atoms with Crippen LogP contribution >= 0.6 is 0 Å². The summed E-state index contributed by atoms with van der Waals surface area (Å²) in [6.07, 6.45) is 0.606. The lowest BCUT2D eigenvalue weighted by Crippen LogP contribution is -2.53. The number of ether oxygens (including phenoxy) is 1. The van der Waals surface area contributed by atoms with Crippen LogP contribution in [0.3, 0.4) is 0 Å². The zero-order valence-corrected chi connectivity index (χ0v) is 25.8. The van der Waals surface area contributed by atoms with E-state index in [0.29, 0.717) is 17.7 Å². The molecule has 9 heteroatoms. The van der Waals surface area contributed by atoms with Crippen molar-refractivity contribution in [2.75, 3.05) is 11.9 Å². The summed E-state index contributed by atoms with van der Waals surface area (Å²) in [4.78, 5) is 43.0. The summed E-state index contributed by atoms with van der Waals surface area (Å²) in [5, 5.41) is 26.4. The summed E-state index contributed by atoms with van der Waals surface area (Å²) in [5.41, 5.74) is 2.48. The summed E-state index contributed by atoms with van der Waals surface area (Å²) in [6, 6.07) is 16.1. The molecule has 0 saturated heterocycles. The molecule has 0 fully saturated rings. The van der Waals surface area contributed by atoms with Gasteiger partial charge in [-0.15, -0.1) is 0 Å². The highest BCUT2D eigenvalue weighted by molar-refractivity contribution is 6.00. The van der Waals surface area contributed by atoms with E-state index >= 15 is 0 Å². The largest absolute Gasteiger partial charge is 0.508 e. The summed E-state index contributed by atoms with van der Waals surface area (Å²) in [5.74, 6) is -1.07. The number of carbonyl (C=O) groups is 3. The lowest BCUT2D eigenvalue weighted by atomic mass is 9.98. The van der Waals surface area contributed by atoms with Crippen molar-refractivity contribution in [2.24, 2.45) is 0 Å². The molecule has 230 valence electrons. The third kappa shape index (κ3) is 9.23. The van der Waals surface area contributed by atoms with Crippen molar-refractivity contribution in [1.82, 2.24) is 10.2 Å². The van der Waals surface area contributed by atoms with Gasteiger partial charge in [-0.1, -0.05) is 61.9 Å². The number of carbonyl (C=O) groups excluding carboxylic acids is 3. The molecule has 4 N–H and O–H groups in total. The molecule has 2 unspecified atom stereocenters. The molecule has 3 amide bonds. The Balaban J connectivity index is 2.10. The molecule has 2 atom stereocenters. The summed E-state index contributed by atoms with van der Waals surface area (Å²) in [7, 11) is 0. The second kappa shape index (κ2) is 14.6. The molecule has 0 aliphatic heterocycles. The quantitative estimate of drug-likeness (QED) is 0.212. The number of hydrogen-bond donors (Lipinski definition) is 4. The third-order valence-corrected chi connectivity index (χ3v) is 6.92. The maximum absolute atomic E-state index is 14.5. The molecule has 9 nitrogen and oxygen atoms in total. The SMILES string of the molecule is CCCCN(C(=O)C(Cc1ccc(O)cc1)NC(=O)OC(C)(C)C)C(C(=O)Nc1c(C)cccc1C)c1ccccc1O. The number of benzene rings is 3. The number of nitrogens with one attached hydrogen (secondary N) is 2. The minimum absolute atomic E-state index is 0.0686. The summed E-state index contributed by atoms with van der Waals surface area (Å²) >= 11 is 0. The van der Waals surface area contributed by atoms with Crippen LogP contribution in [0.4, 0.5) is 10.5 Å². The predicted molar refractivity (Wildman–Crippen MR) is 167 cm³/mol. The minimum atomic E-state index is -1.21. The number of amides is 3. The number of rotatable bonds is 11. The van der Waals surface area contributed by atoms with Crippen LogP contribution in [0.25, 0.3) is 0 Å². The van der Waals surface area contributed by atoms with E-state index in [4.69, 9.17) is 4.74 Å². The smallest absolute Gasteiger partial charge is 0.408 e. The van der Waals surface area contributed by atoms with Crippen molar-refractivity contribution in [3.63, 3.8) is 0 Å². The fourth-order valence-corrected chi connectivity index (χ4v) is 4.79. The molecular weight excluding hydrogens is 546 g/mol. The van der Waals surface area contributed by atoms with Gasteiger partial charge in [0.05, 0.1) is 0 Å². The van der Waals surface area contributed by atoms with Crippen LogP contribution in [0.5, 0.6) is 11.5 Å². The van der Waals surface area contributed by atoms with Gasteiger partial charge >= 0.3 is 6.09 Å². The normalized spacial score (nSPS) is 12.6. The van der Waals surface area contributed by atoms with Gasteiger partial charge in [-0.3, -0.25) is 9.59 Å². The molecule has 43 heavy (non-hydrogen) atoms. The first kappa shape index (κ1) is 33.0. The lowest BCUT2D eigenvalue weighted by molar-refractivity contribution is -0.141. The summed E-state index contributed by atoms with van der Waals surface area (Å²) in [6.45, 7) is 11.1. The van der Waals surface area contributed by atoms with E-state index in [9.17, 15) is 24.6 Å². The lowest BCUT2D eigenvalue weighted by Gasteiger charge is -2.35. The van der Waals surface area contributed by atoms with E-state index in [1.54, 1.807) is 51.1 Å². The number of para-hydroxylation sites is 2. The van der Waals surface area contributed by atoms with Crippen LogP contribution in [-0.2, 0) is 20.7 Å². The van der Waals surface area contributed by atoms with Gasteiger partial charge in [0.1, 0.15) is 29.2 Å². The molecule has 0 aliphatic carbocycles. The number of phenolic OH excluding ortho intramolecular Hbond substituents is 2. The molecule has 0 saturated carbocycles. The van der Waals surface area contributed by atoms with Crippen molar-refractivity contribution in [2.45, 2.75) is 78.5 Å². The number of alkyl carbamates (subject to hydrolysis) is 1. The first-order valence-electron chi connectivity index (χ1n) is 14.5. The average molecular weight is 590 g/mol. The maximum Gasteiger partial charge on any atom is 0.408 e. The van der Waals surface area contributed by atoms with Crippen molar-refractivity contribution in [3.05, 3.63) is 89.0 Å². The van der Waals surface area contributed by atoms with Crippen molar-refractivity contribution < 1.29 is 29.3 Å². The third-order valence-electron chi connectivity index (χ3n) is 6.92. The second-order valence-corrected chi connectivity index (χ2v) is 11.7. The summed E-state index contributed by atoms with van der Waals surface area (Å²) < 4.78 is 5.47. The van der Waals surface area contributed by atoms with Gasteiger partial charge in [0, 0.05) is 24.2 Å². The number of unbranched alkanes of at least 4 members (excludes halogenated alkanes) is 1. The molecule has 3 aromatic rings. The molecule has 0 bridgehead atoms. The number of hydrogen-bond acceptors (Lipinski definition) is 6. The Hall–Kier alpha value is -4.53. The molecule has 0 spiro atoms. The molecule has 3 rings (SSSR count). The van der Waals surface area contributed by atoms with Crippen LogP contribution < -0.4 is 10.6 Å². The fraction of sp³-hybridized carbons (Fsp3) is 0.382. The van der Waals surface area contributed by atoms with Gasteiger partial charge in [0.25, 0.3) is 5.91 Å². The second-order valence-electron chi connectivity index (χ2n) is 11.7. The van der Waals surface area contributed by atoms with Crippen LogP contribution in [0.1, 0.15) is 68.8 Å². The Morgan fingerprint density at radius 2 is 1.53 bits per heavy atom. The van der Waals surface area contributed by atoms with E-state index in [-0.39, 0.29) is 30.0 Å². The van der Waals surface area contributed by atoms with Gasteiger partial charge in [-0.05, 0) is 75.9 Å². The van der Waals surface area contributed by atoms with Gasteiger partial charge in [0.15, 0.2) is 0 Å². The minimum Gasteiger partial charge on any atom is -0.508 e. The Morgan fingerprint density at radius 3 is 2.12 bits per heavy atom. The van der Waals surface area contributed by atoms with Gasteiger partial charge in [0.2, 0.25) is 5.91 Å². The number of anilines is 1. The molecule has 0 radical (unpaired) electrons. The first-order chi connectivity index (χ1) is 20.3. The molecule has 0 aromatic heterocycles. The first-order valence-corrected chi connectivity index (χ1v) is 14.5. The monoisotopic (exact) mass is 589 g/mol. The highest BCUT2D eigenvalue weighted by Crippen LogP contribution is 2.32. The standard InChI is InChI=1S/C34H43N3O6/c1-7-8-20-37(32(41)27(35-33(42)43-34(4,5)6)21-24-16-18-25(38)19-17-24)30(26-14-9-10-15-28(26)39)31(40)36-29-22(2)12-11-13-23(29)3/h9-19,27,30,38-39H,7-8,20-21H2,1-6H3,(H,35,42)(H,36,40). The van der Waals surface area contributed by atoms with E-state index in [1.165, 1.54) is 23.1 Å². The van der Waals surface area contributed by atoms with Crippen molar-refractivity contribution in [1.29, 1.82) is 0 Å². The van der Waals surface area contributed by atoms with Crippen LogP contribution in [0.2, 0.25) is 0 Å². The molecule has 0 heterocycles. The highest BCUT2D eigenvalue weighted by atomic mass is 16.6. The number of aromatic hydroxyl groups is 2. The van der Waals surface area contributed by atoms with Crippen molar-refractivity contribution >= 4 is 23.6 Å². The average Bonchev–Trinajstić information content (AvgIpc) is 2.93. The van der Waals surface area contributed by atoms with Crippen LogP contribution in [-0.4, -0.2) is 51.2 Å². The van der Waals surface area contributed by atoms with Crippen LogP contribution in [0.15, 0.2) is 66.7 Å². The van der Waals surface area contributed by atoms with E-state index in [1.807, 2.05) is 39.0 Å². The predicted octanol–water partition coefficient (Wildman–Crippen LogP) is 6.16.